The SMILES string of the molecule is CC(Cn1ccc(-c2cc(F)c(C#N)c(Cl)c2)n1)NC(=O)c1n[nH]c2c1COCC2. The van der Waals surface area contributed by atoms with Gasteiger partial charge in [-0.2, -0.15) is 15.5 Å². The molecule has 4 rings (SSSR count). The van der Waals surface area contributed by atoms with E-state index in [1.165, 1.54) is 12.1 Å². The minimum atomic E-state index is -0.693. The molecule has 1 unspecified atom stereocenters. The fourth-order valence-electron chi connectivity index (χ4n) is 3.36. The van der Waals surface area contributed by atoms with Crippen molar-refractivity contribution in [2.45, 2.75) is 32.5 Å². The molecule has 1 aliphatic heterocycles. The Balaban J connectivity index is 1.43. The molecule has 8 nitrogen and oxygen atoms in total. The highest BCUT2D eigenvalue weighted by molar-refractivity contribution is 6.32. The Bertz CT molecular complexity index is 1130. The molecular weight excluding hydrogens is 411 g/mol. The summed E-state index contributed by atoms with van der Waals surface area (Å²) in [5, 5.41) is 23.3. The van der Waals surface area contributed by atoms with Crippen LogP contribution >= 0.6 is 11.6 Å². The van der Waals surface area contributed by atoms with Crippen molar-refractivity contribution in [1.82, 2.24) is 25.3 Å². The van der Waals surface area contributed by atoms with Crippen molar-refractivity contribution in [2.24, 2.45) is 0 Å². The van der Waals surface area contributed by atoms with Crippen LogP contribution in [0.5, 0.6) is 0 Å². The maximum absolute atomic E-state index is 14.0. The van der Waals surface area contributed by atoms with Crippen LogP contribution < -0.4 is 5.32 Å². The molecule has 3 aromatic rings. The number of aromatic nitrogens is 4. The maximum Gasteiger partial charge on any atom is 0.272 e. The lowest BCUT2D eigenvalue weighted by molar-refractivity contribution is 0.0909. The minimum absolute atomic E-state index is 0.0361. The van der Waals surface area contributed by atoms with E-state index in [0.29, 0.717) is 43.1 Å². The largest absolute Gasteiger partial charge is 0.376 e. The number of amides is 1. The Kier molecular flexibility index (Phi) is 5.53. The average molecular weight is 429 g/mol. The number of carbonyl (C=O) groups is 1. The summed E-state index contributed by atoms with van der Waals surface area (Å²) in [6, 6.07) is 5.95. The van der Waals surface area contributed by atoms with Gasteiger partial charge in [-0.3, -0.25) is 14.6 Å². The van der Waals surface area contributed by atoms with E-state index in [-0.39, 0.29) is 22.5 Å². The Morgan fingerprint density at radius 3 is 3.13 bits per heavy atom. The number of halogens is 2. The van der Waals surface area contributed by atoms with Gasteiger partial charge >= 0.3 is 0 Å². The second kappa shape index (κ2) is 8.26. The molecule has 0 fully saturated rings. The zero-order chi connectivity index (χ0) is 21.3. The van der Waals surface area contributed by atoms with Gasteiger partial charge in [0.2, 0.25) is 0 Å². The molecule has 0 aliphatic carbocycles. The van der Waals surface area contributed by atoms with Gasteiger partial charge in [0.05, 0.1) is 30.5 Å². The van der Waals surface area contributed by atoms with Crippen LogP contribution in [0.3, 0.4) is 0 Å². The Morgan fingerprint density at radius 2 is 2.37 bits per heavy atom. The van der Waals surface area contributed by atoms with Crippen molar-refractivity contribution >= 4 is 17.5 Å². The number of aromatic amines is 1. The summed E-state index contributed by atoms with van der Waals surface area (Å²) in [4.78, 5) is 12.6. The van der Waals surface area contributed by atoms with E-state index in [4.69, 9.17) is 21.6 Å². The Labute approximate surface area is 176 Å². The number of fused-ring (bicyclic) bond motifs is 1. The first-order chi connectivity index (χ1) is 14.5. The van der Waals surface area contributed by atoms with Crippen LogP contribution in [-0.2, 0) is 24.3 Å². The highest BCUT2D eigenvalue weighted by atomic mass is 35.5. The number of rotatable bonds is 5. The lowest BCUT2D eigenvalue weighted by Crippen LogP contribution is -2.36. The van der Waals surface area contributed by atoms with Crippen molar-refractivity contribution in [3.8, 4) is 17.3 Å². The molecular formula is C20H18ClFN6O2. The van der Waals surface area contributed by atoms with Gasteiger partial charge in [-0.15, -0.1) is 0 Å². The number of ether oxygens (including phenoxy) is 1. The van der Waals surface area contributed by atoms with Gasteiger partial charge in [0.25, 0.3) is 5.91 Å². The van der Waals surface area contributed by atoms with Crippen molar-refractivity contribution in [3.05, 3.63) is 57.8 Å². The van der Waals surface area contributed by atoms with Crippen LogP contribution in [0.15, 0.2) is 24.4 Å². The lowest BCUT2D eigenvalue weighted by atomic mass is 10.1. The summed E-state index contributed by atoms with van der Waals surface area (Å²) in [5.41, 5.74) is 2.87. The van der Waals surface area contributed by atoms with E-state index in [1.807, 2.05) is 6.92 Å². The van der Waals surface area contributed by atoms with E-state index in [0.717, 1.165) is 11.3 Å². The molecule has 10 heteroatoms. The summed E-state index contributed by atoms with van der Waals surface area (Å²) in [7, 11) is 0. The highest BCUT2D eigenvalue weighted by Gasteiger charge is 2.23. The minimum Gasteiger partial charge on any atom is -0.376 e. The molecule has 1 aliphatic rings. The molecule has 2 N–H and O–H groups in total. The molecule has 0 saturated heterocycles. The third-order valence-corrected chi connectivity index (χ3v) is 5.14. The molecule has 0 saturated carbocycles. The first kappa shape index (κ1) is 20.1. The zero-order valence-electron chi connectivity index (χ0n) is 16.1. The molecule has 154 valence electrons. The summed E-state index contributed by atoms with van der Waals surface area (Å²) in [5.74, 6) is -0.972. The van der Waals surface area contributed by atoms with Crippen LogP contribution in [0.4, 0.5) is 4.39 Å². The lowest BCUT2D eigenvalue weighted by Gasteiger charge is -2.15. The average Bonchev–Trinajstić information content (AvgIpc) is 3.34. The van der Waals surface area contributed by atoms with Crippen molar-refractivity contribution in [2.75, 3.05) is 6.61 Å². The van der Waals surface area contributed by atoms with Gasteiger partial charge in [0.15, 0.2) is 5.69 Å². The number of hydrogen-bond acceptors (Lipinski definition) is 5. The van der Waals surface area contributed by atoms with Crippen LogP contribution in [0, 0.1) is 17.1 Å². The number of nitriles is 1. The monoisotopic (exact) mass is 428 g/mol. The van der Waals surface area contributed by atoms with Crippen LogP contribution in [0.2, 0.25) is 5.02 Å². The molecule has 1 aromatic carbocycles. The summed E-state index contributed by atoms with van der Waals surface area (Å²) < 4.78 is 21.1. The first-order valence-electron chi connectivity index (χ1n) is 9.34. The molecule has 0 radical (unpaired) electrons. The normalized spacial score (nSPS) is 14.1. The molecule has 1 amide bonds. The number of carbonyl (C=O) groups excluding carboxylic acids is 1. The van der Waals surface area contributed by atoms with E-state index in [1.54, 1.807) is 23.0 Å². The molecule has 2 aromatic heterocycles. The summed E-state index contributed by atoms with van der Waals surface area (Å²) in [6.07, 6.45) is 2.44. The van der Waals surface area contributed by atoms with Crippen LogP contribution in [-0.4, -0.2) is 38.5 Å². The van der Waals surface area contributed by atoms with Gasteiger partial charge in [-0.1, -0.05) is 11.6 Å². The van der Waals surface area contributed by atoms with Crippen LogP contribution in [0.1, 0.15) is 34.2 Å². The van der Waals surface area contributed by atoms with Crippen molar-refractivity contribution < 1.29 is 13.9 Å². The number of H-pyrrole nitrogens is 1. The first-order valence-corrected chi connectivity index (χ1v) is 9.71. The Hall–Kier alpha value is -3.22. The van der Waals surface area contributed by atoms with Crippen molar-refractivity contribution in [1.29, 1.82) is 5.26 Å². The number of nitrogens with zero attached hydrogens (tertiary/aromatic N) is 4. The van der Waals surface area contributed by atoms with E-state index in [2.05, 4.69) is 20.6 Å². The summed E-state index contributed by atoms with van der Waals surface area (Å²) >= 11 is 5.97. The predicted octanol–water partition coefficient (Wildman–Crippen LogP) is 2.83. The predicted molar refractivity (Wildman–Crippen MR) is 106 cm³/mol. The molecule has 1 atom stereocenters. The zero-order valence-corrected chi connectivity index (χ0v) is 16.8. The van der Waals surface area contributed by atoms with Gasteiger partial charge in [0.1, 0.15) is 17.4 Å². The molecule has 0 spiro atoms. The van der Waals surface area contributed by atoms with Gasteiger partial charge < -0.3 is 10.1 Å². The third-order valence-electron chi connectivity index (χ3n) is 4.84. The number of hydrogen-bond donors (Lipinski definition) is 2. The van der Waals surface area contributed by atoms with Gasteiger partial charge in [0, 0.05) is 35.5 Å². The number of benzene rings is 1. The van der Waals surface area contributed by atoms with E-state index < -0.39 is 5.82 Å². The van der Waals surface area contributed by atoms with Gasteiger partial charge in [-0.25, -0.2) is 4.39 Å². The van der Waals surface area contributed by atoms with Crippen molar-refractivity contribution in [3.63, 3.8) is 0 Å². The standard InChI is InChI=1S/C20H18ClFN6O2/c1-11(24-20(29)19-14-10-30-5-3-18(14)25-26-19)9-28-4-2-17(27-28)12-6-15(21)13(8-23)16(22)7-12/h2,4,6-7,11H,3,5,9-10H2,1H3,(H,24,29)(H,25,26). The quantitative estimate of drug-likeness (QED) is 0.649. The summed E-state index contributed by atoms with van der Waals surface area (Å²) in [6.45, 7) is 3.24. The fourth-order valence-corrected chi connectivity index (χ4v) is 3.61. The number of nitrogens with one attached hydrogen (secondary N) is 2. The molecule has 3 heterocycles. The Morgan fingerprint density at radius 1 is 1.53 bits per heavy atom. The van der Waals surface area contributed by atoms with E-state index in [9.17, 15) is 9.18 Å². The topological polar surface area (TPSA) is 109 Å². The van der Waals surface area contributed by atoms with Crippen LogP contribution in [0.25, 0.3) is 11.3 Å². The smallest absolute Gasteiger partial charge is 0.272 e. The second-order valence-electron chi connectivity index (χ2n) is 7.06. The third kappa shape index (κ3) is 3.92. The fraction of sp³-hybridized carbons (Fsp3) is 0.300. The molecule has 30 heavy (non-hydrogen) atoms. The second-order valence-corrected chi connectivity index (χ2v) is 7.46. The maximum atomic E-state index is 14.0. The van der Waals surface area contributed by atoms with Gasteiger partial charge in [-0.05, 0) is 25.1 Å². The van der Waals surface area contributed by atoms with E-state index >= 15 is 0 Å². The molecule has 0 bridgehead atoms. The highest BCUT2D eigenvalue weighted by Crippen LogP contribution is 2.26.